The molecule has 93 valence electrons. The van der Waals surface area contributed by atoms with E-state index in [1.54, 1.807) is 18.5 Å². The number of hydrogen-bond donors (Lipinski definition) is 1. The standard InChI is InChI=1S/C14H15FN3/c15-13-8-11(12-9-16-17-10-12)4-5-14(13)18-6-2-1-3-7-18/h1,4-5,8-10H,2-3,6-7H2,(H,16,17). The van der Waals surface area contributed by atoms with Gasteiger partial charge in [-0.3, -0.25) is 5.10 Å². The zero-order chi connectivity index (χ0) is 12.4. The van der Waals surface area contributed by atoms with Crippen LogP contribution < -0.4 is 4.90 Å². The molecule has 3 rings (SSSR count). The molecule has 0 saturated carbocycles. The summed E-state index contributed by atoms with van der Waals surface area (Å²) in [6.45, 7) is 1.81. The Morgan fingerprint density at radius 1 is 1.17 bits per heavy atom. The molecule has 3 nitrogen and oxygen atoms in total. The van der Waals surface area contributed by atoms with E-state index in [1.165, 1.54) is 0 Å². The number of hydrogen-bond acceptors (Lipinski definition) is 2. The van der Waals surface area contributed by atoms with Gasteiger partial charge in [-0.25, -0.2) is 4.39 Å². The van der Waals surface area contributed by atoms with Crippen LogP contribution in [0.3, 0.4) is 0 Å². The number of aromatic amines is 1. The van der Waals surface area contributed by atoms with Gasteiger partial charge in [0.2, 0.25) is 0 Å². The summed E-state index contributed by atoms with van der Waals surface area (Å²) in [6.07, 6.45) is 7.79. The van der Waals surface area contributed by atoms with E-state index in [0.29, 0.717) is 5.69 Å². The lowest BCUT2D eigenvalue weighted by molar-refractivity contribution is 0.603. The number of H-pyrrole nitrogens is 1. The van der Waals surface area contributed by atoms with Crippen LogP contribution in [-0.4, -0.2) is 23.3 Å². The second-order valence-electron chi connectivity index (χ2n) is 4.51. The Bertz CT molecular complexity index is 516. The third-order valence-corrected chi connectivity index (χ3v) is 3.33. The molecule has 0 spiro atoms. The van der Waals surface area contributed by atoms with Crippen LogP contribution in [0.2, 0.25) is 0 Å². The van der Waals surface area contributed by atoms with Crippen LogP contribution >= 0.6 is 0 Å². The minimum absolute atomic E-state index is 0.157. The van der Waals surface area contributed by atoms with Crippen molar-refractivity contribution in [2.45, 2.75) is 12.8 Å². The predicted octanol–water partition coefficient (Wildman–Crippen LogP) is 3.02. The molecule has 1 fully saturated rings. The van der Waals surface area contributed by atoms with Crippen LogP contribution in [-0.2, 0) is 0 Å². The number of nitrogens with zero attached hydrogens (tertiary/aromatic N) is 2. The molecular weight excluding hydrogens is 229 g/mol. The predicted molar refractivity (Wildman–Crippen MR) is 69.7 cm³/mol. The van der Waals surface area contributed by atoms with Crippen LogP contribution in [0.4, 0.5) is 10.1 Å². The Hall–Kier alpha value is -1.84. The highest BCUT2D eigenvalue weighted by Gasteiger charge is 2.15. The van der Waals surface area contributed by atoms with E-state index in [0.717, 1.165) is 37.1 Å². The van der Waals surface area contributed by atoms with Gasteiger partial charge in [0, 0.05) is 24.8 Å². The van der Waals surface area contributed by atoms with Gasteiger partial charge in [-0.05, 0) is 37.0 Å². The number of anilines is 1. The molecule has 4 heteroatoms. The minimum Gasteiger partial charge on any atom is -0.369 e. The summed E-state index contributed by atoms with van der Waals surface area (Å²) in [5.74, 6) is -0.157. The fourth-order valence-electron chi connectivity index (χ4n) is 2.34. The van der Waals surface area contributed by atoms with Crippen molar-refractivity contribution in [3.05, 3.63) is 42.8 Å². The summed E-state index contributed by atoms with van der Waals surface area (Å²) >= 11 is 0. The zero-order valence-corrected chi connectivity index (χ0v) is 10.1. The summed E-state index contributed by atoms with van der Waals surface area (Å²) in [5.41, 5.74) is 2.47. The second kappa shape index (κ2) is 4.80. The van der Waals surface area contributed by atoms with E-state index < -0.39 is 0 Å². The molecule has 0 unspecified atom stereocenters. The molecule has 2 aromatic rings. The summed E-state index contributed by atoms with van der Waals surface area (Å²) in [6, 6.07) is 5.39. The van der Waals surface area contributed by atoms with Gasteiger partial charge in [0.05, 0.1) is 11.9 Å². The summed E-state index contributed by atoms with van der Waals surface area (Å²) in [7, 11) is 0. The van der Waals surface area contributed by atoms with E-state index >= 15 is 0 Å². The Morgan fingerprint density at radius 2 is 2.00 bits per heavy atom. The van der Waals surface area contributed by atoms with Crippen molar-refractivity contribution in [2.24, 2.45) is 0 Å². The molecule has 1 aromatic heterocycles. The second-order valence-corrected chi connectivity index (χ2v) is 4.51. The first-order valence-corrected chi connectivity index (χ1v) is 6.20. The topological polar surface area (TPSA) is 31.9 Å². The molecule has 1 aromatic carbocycles. The molecule has 0 amide bonds. The number of halogens is 1. The average molecular weight is 244 g/mol. The van der Waals surface area contributed by atoms with Gasteiger partial charge in [0.15, 0.2) is 0 Å². The van der Waals surface area contributed by atoms with E-state index in [2.05, 4.69) is 21.5 Å². The van der Waals surface area contributed by atoms with Crippen LogP contribution in [0.1, 0.15) is 12.8 Å². The van der Waals surface area contributed by atoms with E-state index in [4.69, 9.17) is 0 Å². The van der Waals surface area contributed by atoms with Crippen LogP contribution in [0.5, 0.6) is 0 Å². The lowest BCUT2D eigenvalue weighted by Crippen LogP contribution is -2.30. The SMILES string of the molecule is Fc1cc(-c2cn[nH]c2)ccc1N1CC[CH]CC1. The Labute approximate surface area is 106 Å². The van der Waals surface area contributed by atoms with Gasteiger partial charge in [-0.15, -0.1) is 0 Å². The number of benzene rings is 1. The Kier molecular flexibility index (Phi) is 3.00. The van der Waals surface area contributed by atoms with Crippen LogP contribution in [0.15, 0.2) is 30.6 Å². The highest BCUT2D eigenvalue weighted by atomic mass is 19.1. The lowest BCUT2D eigenvalue weighted by Gasteiger charge is -2.29. The van der Waals surface area contributed by atoms with E-state index in [1.807, 2.05) is 12.1 Å². The smallest absolute Gasteiger partial charge is 0.147 e. The van der Waals surface area contributed by atoms with Crippen molar-refractivity contribution in [3.63, 3.8) is 0 Å². The molecule has 1 radical (unpaired) electrons. The van der Waals surface area contributed by atoms with Gasteiger partial charge in [0.25, 0.3) is 0 Å². The molecule has 1 saturated heterocycles. The van der Waals surface area contributed by atoms with Gasteiger partial charge in [-0.2, -0.15) is 5.10 Å². The minimum atomic E-state index is -0.157. The Morgan fingerprint density at radius 3 is 2.67 bits per heavy atom. The number of piperidine rings is 1. The first-order chi connectivity index (χ1) is 8.84. The number of rotatable bonds is 2. The van der Waals surface area contributed by atoms with Crippen molar-refractivity contribution in [1.82, 2.24) is 10.2 Å². The van der Waals surface area contributed by atoms with E-state index in [9.17, 15) is 4.39 Å². The highest BCUT2D eigenvalue weighted by molar-refractivity contribution is 5.65. The molecule has 1 aliphatic rings. The monoisotopic (exact) mass is 244 g/mol. The molecule has 0 aliphatic carbocycles. The van der Waals surface area contributed by atoms with Gasteiger partial charge < -0.3 is 4.90 Å². The van der Waals surface area contributed by atoms with Gasteiger partial charge in [0.1, 0.15) is 5.82 Å². The van der Waals surface area contributed by atoms with Crippen molar-refractivity contribution in [1.29, 1.82) is 0 Å². The maximum absolute atomic E-state index is 14.1. The molecule has 18 heavy (non-hydrogen) atoms. The van der Waals surface area contributed by atoms with Crippen LogP contribution in [0, 0.1) is 12.2 Å². The fourth-order valence-corrected chi connectivity index (χ4v) is 2.34. The first-order valence-electron chi connectivity index (χ1n) is 6.20. The van der Waals surface area contributed by atoms with Crippen LogP contribution in [0.25, 0.3) is 11.1 Å². The first kappa shape index (κ1) is 11.3. The summed E-state index contributed by atoms with van der Waals surface area (Å²) < 4.78 is 14.1. The molecule has 2 heterocycles. The normalized spacial score (nSPS) is 15.9. The lowest BCUT2D eigenvalue weighted by atomic mass is 10.1. The molecule has 1 aliphatic heterocycles. The van der Waals surface area contributed by atoms with Gasteiger partial charge >= 0.3 is 0 Å². The molecule has 0 bridgehead atoms. The molecular formula is C14H15FN3. The van der Waals surface area contributed by atoms with Gasteiger partial charge in [-0.1, -0.05) is 6.07 Å². The summed E-state index contributed by atoms with van der Waals surface area (Å²) in [5, 5.41) is 6.62. The zero-order valence-electron chi connectivity index (χ0n) is 10.1. The Balaban J connectivity index is 1.89. The average Bonchev–Trinajstić information content (AvgIpc) is 2.93. The third-order valence-electron chi connectivity index (χ3n) is 3.33. The van der Waals surface area contributed by atoms with Crippen molar-refractivity contribution in [3.8, 4) is 11.1 Å². The van der Waals surface area contributed by atoms with Crippen molar-refractivity contribution in [2.75, 3.05) is 18.0 Å². The number of nitrogens with one attached hydrogen (secondary N) is 1. The highest BCUT2D eigenvalue weighted by Crippen LogP contribution is 2.27. The fraction of sp³-hybridized carbons (Fsp3) is 0.286. The maximum atomic E-state index is 14.1. The maximum Gasteiger partial charge on any atom is 0.147 e. The quantitative estimate of drug-likeness (QED) is 0.880. The third kappa shape index (κ3) is 2.10. The number of aromatic nitrogens is 2. The largest absolute Gasteiger partial charge is 0.369 e. The molecule has 1 N–H and O–H groups in total. The molecule has 0 atom stereocenters. The van der Waals surface area contributed by atoms with Crippen molar-refractivity contribution >= 4 is 5.69 Å². The van der Waals surface area contributed by atoms with Crippen molar-refractivity contribution < 1.29 is 4.39 Å². The summed E-state index contributed by atoms with van der Waals surface area (Å²) in [4.78, 5) is 2.11. The van der Waals surface area contributed by atoms with E-state index in [-0.39, 0.29) is 5.82 Å².